The molecule has 6 rings (SSSR count). The Balaban J connectivity index is 0.000000402. The molecule has 1 aliphatic rings. The molecule has 5 heterocycles. The first-order chi connectivity index (χ1) is 23.5. The standard InChI is InChI=1S/C29H31F2N5O3.C4H4BClN2O2/c1-4-38-26(37)29(3)12-7-13-35(18-29)28-32-15-22(16-33-28)21-10-11-25-34-19(2)23(36(25)17-21)14-20-8-5-6-9-24(20)39-27(30)31;6-4-7-1-3(2-8-4)5(9)10/h5-6,8-11,15-17,27H,4,7,12-14,18H2,1-3H3;1-2,9-10H. The van der Waals surface area contributed by atoms with E-state index >= 15 is 0 Å². The molecular formula is C33H35BClF2N7O5. The maximum absolute atomic E-state index is 12.9. The lowest BCUT2D eigenvalue weighted by molar-refractivity contribution is -0.154. The fourth-order valence-corrected chi connectivity index (χ4v) is 5.70. The number of hydrogen-bond acceptors (Lipinski definition) is 11. The van der Waals surface area contributed by atoms with Crippen LogP contribution >= 0.6 is 11.6 Å². The first-order valence-electron chi connectivity index (χ1n) is 15.6. The van der Waals surface area contributed by atoms with Crippen LogP contribution in [0.1, 0.15) is 43.6 Å². The number of nitrogens with zero attached hydrogens (tertiary/aromatic N) is 7. The number of piperidine rings is 1. The zero-order valence-electron chi connectivity index (χ0n) is 27.1. The molecule has 1 saturated heterocycles. The van der Waals surface area contributed by atoms with Crippen molar-refractivity contribution in [1.29, 1.82) is 0 Å². The van der Waals surface area contributed by atoms with Gasteiger partial charge < -0.3 is 28.8 Å². The zero-order valence-corrected chi connectivity index (χ0v) is 27.9. The van der Waals surface area contributed by atoms with Crippen LogP contribution in [-0.2, 0) is 16.0 Å². The van der Waals surface area contributed by atoms with E-state index in [1.165, 1.54) is 12.4 Å². The molecular weight excluding hydrogens is 659 g/mol. The van der Waals surface area contributed by atoms with E-state index in [0.29, 0.717) is 31.1 Å². The number of fused-ring (bicyclic) bond motifs is 1. The first kappa shape index (κ1) is 35.6. The van der Waals surface area contributed by atoms with Crippen LogP contribution in [0, 0.1) is 12.3 Å². The summed E-state index contributed by atoms with van der Waals surface area (Å²) in [5, 5.41) is 17.2. The number of ether oxygens (including phenoxy) is 2. The second kappa shape index (κ2) is 15.7. The van der Waals surface area contributed by atoms with Gasteiger partial charge in [0.25, 0.3) is 0 Å². The van der Waals surface area contributed by atoms with Gasteiger partial charge in [-0.2, -0.15) is 8.78 Å². The minimum Gasteiger partial charge on any atom is -0.466 e. The third-order valence-electron chi connectivity index (χ3n) is 8.12. The average molecular weight is 694 g/mol. The number of imidazole rings is 1. The molecule has 1 fully saturated rings. The number of pyridine rings is 1. The van der Waals surface area contributed by atoms with Crippen LogP contribution in [0.15, 0.2) is 67.4 Å². The van der Waals surface area contributed by atoms with Gasteiger partial charge in [0.05, 0.1) is 17.7 Å². The molecule has 1 atom stereocenters. The third kappa shape index (κ3) is 8.66. The van der Waals surface area contributed by atoms with E-state index in [2.05, 4.69) is 24.9 Å². The third-order valence-corrected chi connectivity index (χ3v) is 8.32. The van der Waals surface area contributed by atoms with Gasteiger partial charge in [-0.15, -0.1) is 0 Å². The molecule has 256 valence electrons. The van der Waals surface area contributed by atoms with E-state index in [4.69, 9.17) is 31.1 Å². The Morgan fingerprint density at radius 2 is 1.78 bits per heavy atom. The van der Waals surface area contributed by atoms with Crippen LogP contribution < -0.4 is 15.1 Å². The Bertz CT molecular complexity index is 1880. The van der Waals surface area contributed by atoms with Crippen molar-refractivity contribution >= 4 is 41.7 Å². The second-order valence-corrected chi connectivity index (χ2v) is 12.0. The largest absolute Gasteiger partial charge is 0.491 e. The van der Waals surface area contributed by atoms with E-state index < -0.39 is 19.1 Å². The van der Waals surface area contributed by atoms with Gasteiger partial charge in [0, 0.05) is 78.3 Å². The second-order valence-electron chi connectivity index (χ2n) is 11.7. The molecule has 1 aliphatic heterocycles. The minimum absolute atomic E-state index is 0.0874. The molecule has 1 unspecified atom stereocenters. The molecule has 0 spiro atoms. The van der Waals surface area contributed by atoms with E-state index in [1.807, 2.05) is 48.4 Å². The summed E-state index contributed by atoms with van der Waals surface area (Å²) in [6.07, 6.45) is 10.0. The normalized spacial score (nSPS) is 15.9. The van der Waals surface area contributed by atoms with Crippen LogP contribution in [0.2, 0.25) is 5.28 Å². The highest BCUT2D eigenvalue weighted by Gasteiger charge is 2.40. The molecule has 0 radical (unpaired) electrons. The van der Waals surface area contributed by atoms with Crippen LogP contribution in [-0.4, -0.2) is 78.8 Å². The van der Waals surface area contributed by atoms with Gasteiger partial charge in [0.1, 0.15) is 11.4 Å². The number of carbonyl (C=O) groups is 1. The summed E-state index contributed by atoms with van der Waals surface area (Å²) < 4.78 is 37.9. The number of aromatic nitrogens is 6. The van der Waals surface area contributed by atoms with Gasteiger partial charge in [-0.05, 0) is 63.4 Å². The average Bonchev–Trinajstić information content (AvgIpc) is 3.39. The summed E-state index contributed by atoms with van der Waals surface area (Å²) in [7, 11) is -1.53. The molecule has 2 N–H and O–H groups in total. The molecule has 49 heavy (non-hydrogen) atoms. The lowest BCUT2D eigenvalue weighted by Crippen LogP contribution is -2.47. The predicted molar refractivity (Wildman–Crippen MR) is 180 cm³/mol. The van der Waals surface area contributed by atoms with Crippen LogP contribution in [0.4, 0.5) is 14.7 Å². The van der Waals surface area contributed by atoms with Crippen LogP contribution in [0.25, 0.3) is 16.8 Å². The molecule has 4 aromatic heterocycles. The van der Waals surface area contributed by atoms with Crippen LogP contribution in [0.5, 0.6) is 5.75 Å². The van der Waals surface area contributed by atoms with Crippen molar-refractivity contribution in [2.24, 2.45) is 5.41 Å². The van der Waals surface area contributed by atoms with Crippen LogP contribution in [0.3, 0.4) is 0 Å². The minimum atomic E-state index is -2.90. The Morgan fingerprint density at radius 1 is 1.06 bits per heavy atom. The molecule has 5 aromatic rings. The summed E-state index contributed by atoms with van der Waals surface area (Å²) in [6.45, 7) is 4.39. The molecule has 1 aromatic carbocycles. The van der Waals surface area contributed by atoms with Crippen molar-refractivity contribution in [3.05, 3.63) is 89.6 Å². The number of carbonyl (C=O) groups excluding carboxylic acids is 1. The van der Waals surface area contributed by atoms with Gasteiger partial charge in [0.15, 0.2) is 0 Å². The molecule has 0 aliphatic carbocycles. The Kier molecular flexibility index (Phi) is 11.4. The molecule has 12 nitrogen and oxygen atoms in total. The number of hydrogen-bond donors (Lipinski definition) is 2. The lowest BCUT2D eigenvalue weighted by atomic mass is 9.82. The summed E-state index contributed by atoms with van der Waals surface area (Å²) in [5.74, 6) is 0.540. The van der Waals surface area contributed by atoms with Gasteiger partial charge in [-0.25, -0.2) is 24.9 Å². The summed E-state index contributed by atoms with van der Waals surface area (Å²) in [5.41, 5.74) is 4.44. The van der Waals surface area contributed by atoms with Crippen molar-refractivity contribution in [1.82, 2.24) is 29.3 Å². The van der Waals surface area contributed by atoms with E-state index in [0.717, 1.165) is 47.5 Å². The highest BCUT2D eigenvalue weighted by atomic mass is 35.5. The Morgan fingerprint density at radius 3 is 2.45 bits per heavy atom. The summed E-state index contributed by atoms with van der Waals surface area (Å²) >= 11 is 5.33. The molecule has 0 amide bonds. The van der Waals surface area contributed by atoms with Gasteiger partial charge >= 0.3 is 19.7 Å². The number of anilines is 1. The quantitative estimate of drug-likeness (QED) is 0.130. The van der Waals surface area contributed by atoms with Gasteiger partial charge in [-0.1, -0.05) is 18.2 Å². The van der Waals surface area contributed by atoms with Gasteiger partial charge in [-0.3, -0.25) is 4.79 Å². The summed E-state index contributed by atoms with van der Waals surface area (Å²) in [4.78, 5) is 35.5. The highest BCUT2D eigenvalue weighted by molar-refractivity contribution is 6.58. The lowest BCUT2D eigenvalue weighted by Gasteiger charge is -2.38. The topological polar surface area (TPSA) is 148 Å². The van der Waals surface area contributed by atoms with Crippen molar-refractivity contribution in [2.75, 3.05) is 24.6 Å². The number of alkyl halides is 2. The Labute approximate surface area is 286 Å². The monoisotopic (exact) mass is 693 g/mol. The van der Waals surface area contributed by atoms with E-state index in [1.54, 1.807) is 36.7 Å². The predicted octanol–water partition coefficient (Wildman–Crippen LogP) is 4.27. The van der Waals surface area contributed by atoms with E-state index in [-0.39, 0.29) is 22.5 Å². The highest BCUT2D eigenvalue weighted by Crippen LogP contribution is 2.33. The summed E-state index contributed by atoms with van der Waals surface area (Å²) in [6, 6.07) is 10.7. The molecule has 0 saturated carbocycles. The zero-order chi connectivity index (χ0) is 35.1. The number of esters is 1. The SMILES string of the molecule is CCOC(=O)C1(C)CCCN(c2ncc(-c3ccc4nc(C)c(Cc5ccccc5OC(F)F)n4c3)cn2)C1.OB(O)c1cnc(Cl)nc1. The fourth-order valence-electron chi connectivity index (χ4n) is 5.61. The number of halogens is 3. The van der Waals surface area contributed by atoms with Crippen molar-refractivity contribution in [2.45, 2.75) is 46.6 Å². The van der Waals surface area contributed by atoms with Crippen molar-refractivity contribution in [3.8, 4) is 16.9 Å². The van der Waals surface area contributed by atoms with Crippen molar-refractivity contribution in [3.63, 3.8) is 0 Å². The first-order valence-corrected chi connectivity index (χ1v) is 15.9. The smallest absolute Gasteiger partial charge is 0.466 e. The molecule has 16 heteroatoms. The Hall–Kier alpha value is -4.73. The number of benzene rings is 1. The number of aryl methyl sites for hydroxylation is 1. The molecule has 0 bridgehead atoms. The number of rotatable bonds is 9. The number of para-hydroxylation sites is 1. The maximum atomic E-state index is 12.9. The maximum Gasteiger partial charge on any atom is 0.491 e. The fraction of sp³-hybridized carbons (Fsp3) is 0.333. The van der Waals surface area contributed by atoms with Gasteiger partial charge in [0.2, 0.25) is 11.2 Å². The van der Waals surface area contributed by atoms with E-state index in [9.17, 15) is 13.6 Å². The van der Waals surface area contributed by atoms with Crippen molar-refractivity contribution < 1.29 is 33.1 Å².